The smallest absolute Gasteiger partial charge is 0.272 e. The van der Waals surface area contributed by atoms with Crippen LogP contribution in [0, 0.1) is 17.0 Å². The number of carbonyl (C=O) groups is 4. The van der Waals surface area contributed by atoms with Crippen molar-refractivity contribution in [3.8, 4) is 0 Å². The maximum Gasteiger partial charge on any atom is 0.272 e. The van der Waals surface area contributed by atoms with E-state index in [9.17, 15) is 29.3 Å². The number of thioether (sulfide) groups is 1. The third-order valence-electron chi connectivity index (χ3n) is 6.68. The number of rotatable bonds is 9. The molecule has 0 radical (unpaired) electrons. The molecule has 0 spiro atoms. The van der Waals surface area contributed by atoms with Crippen LogP contribution in [-0.4, -0.2) is 33.8 Å². The van der Waals surface area contributed by atoms with Crippen molar-refractivity contribution in [2.75, 3.05) is 10.2 Å². The summed E-state index contributed by atoms with van der Waals surface area (Å²) in [5.41, 5.74) is 2.70. The Bertz CT molecular complexity index is 1790. The summed E-state index contributed by atoms with van der Waals surface area (Å²) in [4.78, 5) is 64.3. The lowest BCUT2D eigenvalue weighted by atomic mass is 10.1. The van der Waals surface area contributed by atoms with Gasteiger partial charge in [0.05, 0.1) is 15.9 Å². The van der Waals surface area contributed by atoms with Crippen LogP contribution < -0.4 is 15.5 Å². The SMILES string of the molecule is Cc1cccc(/C=C(/NC(=O)c2ccccc2)C(=O)Nc2cccc(S[C@H]3CC(=O)N(c4ccc([N+](=O)[O-])cc4)C3=O)c2)c1. The lowest BCUT2D eigenvalue weighted by Crippen LogP contribution is -2.31. The van der Waals surface area contributed by atoms with E-state index in [-0.39, 0.29) is 23.5 Å². The Morgan fingerprint density at radius 3 is 2.36 bits per heavy atom. The molecule has 11 heteroatoms. The van der Waals surface area contributed by atoms with Gasteiger partial charge >= 0.3 is 0 Å². The number of carbonyl (C=O) groups excluding carboxylic acids is 4. The zero-order valence-corrected chi connectivity index (χ0v) is 24.2. The van der Waals surface area contributed by atoms with E-state index in [4.69, 9.17) is 0 Å². The summed E-state index contributed by atoms with van der Waals surface area (Å²) in [5, 5.41) is 15.8. The van der Waals surface area contributed by atoms with Gasteiger partial charge in [0.25, 0.3) is 17.5 Å². The van der Waals surface area contributed by atoms with E-state index >= 15 is 0 Å². The molecule has 1 heterocycles. The van der Waals surface area contributed by atoms with Crippen LogP contribution in [0.3, 0.4) is 0 Å². The molecule has 0 bridgehead atoms. The molecule has 1 atom stereocenters. The quantitative estimate of drug-likeness (QED) is 0.107. The number of nitro benzene ring substituents is 1. The normalized spacial score (nSPS) is 14.8. The molecule has 4 aromatic carbocycles. The second-order valence-electron chi connectivity index (χ2n) is 9.93. The molecule has 1 saturated heterocycles. The van der Waals surface area contributed by atoms with Gasteiger partial charge in [-0.25, -0.2) is 4.90 Å². The third-order valence-corrected chi connectivity index (χ3v) is 7.86. The molecule has 2 N–H and O–H groups in total. The van der Waals surface area contributed by atoms with E-state index in [0.29, 0.717) is 16.1 Å². The Labute approximate surface area is 256 Å². The summed E-state index contributed by atoms with van der Waals surface area (Å²) in [5.74, 6) is -1.83. The summed E-state index contributed by atoms with van der Waals surface area (Å²) >= 11 is 1.18. The van der Waals surface area contributed by atoms with Crippen LogP contribution in [0.5, 0.6) is 0 Å². The number of imide groups is 1. The van der Waals surface area contributed by atoms with E-state index in [1.54, 1.807) is 60.7 Å². The van der Waals surface area contributed by atoms with Crippen LogP contribution in [-0.2, 0) is 14.4 Å². The van der Waals surface area contributed by atoms with Crippen LogP contribution in [0.1, 0.15) is 27.9 Å². The number of aryl methyl sites for hydroxylation is 1. The summed E-state index contributed by atoms with van der Waals surface area (Å²) in [7, 11) is 0. The van der Waals surface area contributed by atoms with Crippen molar-refractivity contribution in [3.63, 3.8) is 0 Å². The second-order valence-corrected chi connectivity index (χ2v) is 11.2. The van der Waals surface area contributed by atoms with Gasteiger partial charge in [-0.3, -0.25) is 29.3 Å². The van der Waals surface area contributed by atoms with E-state index in [0.717, 1.165) is 16.0 Å². The molecule has 0 saturated carbocycles. The Kier molecular flexibility index (Phi) is 8.96. The van der Waals surface area contributed by atoms with Gasteiger partial charge in [0, 0.05) is 34.7 Å². The zero-order valence-electron chi connectivity index (χ0n) is 23.4. The van der Waals surface area contributed by atoms with Crippen LogP contribution in [0.25, 0.3) is 6.08 Å². The van der Waals surface area contributed by atoms with Crippen LogP contribution in [0.4, 0.5) is 17.1 Å². The predicted molar refractivity (Wildman–Crippen MR) is 168 cm³/mol. The number of nitrogens with zero attached hydrogens (tertiary/aromatic N) is 2. The van der Waals surface area contributed by atoms with Crippen LogP contribution >= 0.6 is 11.8 Å². The Morgan fingerprint density at radius 2 is 1.66 bits per heavy atom. The van der Waals surface area contributed by atoms with Crippen molar-refractivity contribution in [1.82, 2.24) is 5.32 Å². The minimum Gasteiger partial charge on any atom is -0.321 e. The third kappa shape index (κ3) is 7.08. The first-order valence-electron chi connectivity index (χ1n) is 13.5. The van der Waals surface area contributed by atoms with Gasteiger partial charge in [-0.05, 0) is 61.0 Å². The molecule has 1 aliphatic rings. The highest BCUT2D eigenvalue weighted by Gasteiger charge is 2.40. The number of non-ortho nitro benzene ring substituents is 1. The first kappa shape index (κ1) is 29.9. The first-order valence-corrected chi connectivity index (χ1v) is 14.4. The van der Waals surface area contributed by atoms with E-state index in [1.165, 1.54) is 36.0 Å². The molecule has 10 nitrogen and oxygen atoms in total. The highest BCUT2D eigenvalue weighted by atomic mass is 32.2. The maximum atomic E-state index is 13.4. The van der Waals surface area contributed by atoms with Gasteiger partial charge in [0.1, 0.15) is 5.70 Å². The average molecular weight is 607 g/mol. The van der Waals surface area contributed by atoms with Crippen molar-refractivity contribution in [3.05, 3.63) is 136 Å². The topological polar surface area (TPSA) is 139 Å². The molecule has 4 aromatic rings. The van der Waals surface area contributed by atoms with Gasteiger partial charge in [-0.15, -0.1) is 11.8 Å². The molecule has 1 aliphatic heterocycles. The summed E-state index contributed by atoms with van der Waals surface area (Å²) < 4.78 is 0. The molecule has 4 amide bonds. The van der Waals surface area contributed by atoms with Gasteiger partial charge in [0.2, 0.25) is 11.8 Å². The fourth-order valence-corrected chi connectivity index (χ4v) is 5.68. The predicted octanol–water partition coefficient (Wildman–Crippen LogP) is 5.74. The van der Waals surface area contributed by atoms with E-state index in [1.807, 2.05) is 31.2 Å². The van der Waals surface area contributed by atoms with Crippen molar-refractivity contribution < 1.29 is 24.1 Å². The van der Waals surface area contributed by atoms with Crippen LogP contribution in [0.15, 0.2) is 114 Å². The van der Waals surface area contributed by atoms with E-state index in [2.05, 4.69) is 10.6 Å². The molecule has 0 unspecified atom stereocenters. The van der Waals surface area contributed by atoms with Crippen molar-refractivity contribution in [2.24, 2.45) is 0 Å². The molecular formula is C33H26N4O6S. The molecule has 5 rings (SSSR count). The summed E-state index contributed by atoms with van der Waals surface area (Å²) in [6, 6.07) is 28.1. The number of nitro groups is 1. The lowest BCUT2D eigenvalue weighted by Gasteiger charge is -2.15. The largest absolute Gasteiger partial charge is 0.321 e. The van der Waals surface area contributed by atoms with Crippen molar-refractivity contribution >= 4 is 58.5 Å². The Hall–Kier alpha value is -5.55. The average Bonchev–Trinajstić information content (AvgIpc) is 3.29. The first-order chi connectivity index (χ1) is 21.2. The summed E-state index contributed by atoms with van der Waals surface area (Å²) in [6.07, 6.45) is 1.54. The van der Waals surface area contributed by atoms with Crippen LogP contribution in [0.2, 0.25) is 0 Å². The van der Waals surface area contributed by atoms with Crippen molar-refractivity contribution in [2.45, 2.75) is 23.5 Å². The molecule has 0 aromatic heterocycles. The number of benzene rings is 4. The maximum absolute atomic E-state index is 13.4. The standard InChI is InChI=1S/C33H26N4O6S/c1-21-7-5-8-22(17-21)18-28(35-31(39)23-9-3-2-4-10-23)32(40)34-24-11-6-12-27(19-24)44-29-20-30(38)36(33(29)41)25-13-15-26(16-14-25)37(42)43/h2-19,29H,20H2,1H3,(H,34,40)(H,35,39)/b28-18+/t29-/m0/s1. The number of amides is 4. The molecule has 44 heavy (non-hydrogen) atoms. The Balaban J connectivity index is 1.31. The minimum atomic E-state index is -0.717. The van der Waals surface area contributed by atoms with Gasteiger partial charge in [-0.1, -0.05) is 54.1 Å². The van der Waals surface area contributed by atoms with Gasteiger partial charge < -0.3 is 10.6 Å². The zero-order chi connectivity index (χ0) is 31.2. The van der Waals surface area contributed by atoms with Gasteiger partial charge in [-0.2, -0.15) is 0 Å². The van der Waals surface area contributed by atoms with E-state index < -0.39 is 33.8 Å². The molecule has 220 valence electrons. The Morgan fingerprint density at radius 1 is 0.932 bits per heavy atom. The lowest BCUT2D eigenvalue weighted by molar-refractivity contribution is -0.384. The minimum absolute atomic E-state index is 0.0396. The van der Waals surface area contributed by atoms with Gasteiger partial charge in [0.15, 0.2) is 0 Å². The highest BCUT2D eigenvalue weighted by molar-refractivity contribution is 8.00. The van der Waals surface area contributed by atoms with Crippen molar-refractivity contribution in [1.29, 1.82) is 0 Å². The monoisotopic (exact) mass is 606 g/mol. The molecule has 0 aliphatic carbocycles. The number of nitrogens with one attached hydrogen (secondary N) is 2. The number of hydrogen-bond acceptors (Lipinski definition) is 7. The highest BCUT2D eigenvalue weighted by Crippen LogP contribution is 2.35. The second kappa shape index (κ2) is 13.2. The molecular weight excluding hydrogens is 580 g/mol. The fourth-order valence-electron chi connectivity index (χ4n) is 4.57. The number of anilines is 2. The summed E-state index contributed by atoms with van der Waals surface area (Å²) in [6.45, 7) is 1.93. The fraction of sp³-hybridized carbons (Fsp3) is 0.0909. The number of hydrogen-bond donors (Lipinski definition) is 2. The molecule has 1 fully saturated rings.